The number of hydrogen-bond acceptors (Lipinski definition) is 2. The highest BCUT2D eigenvalue weighted by molar-refractivity contribution is 4.79. The van der Waals surface area contributed by atoms with Gasteiger partial charge in [0.25, 0.3) is 0 Å². The van der Waals surface area contributed by atoms with E-state index in [0.717, 1.165) is 12.0 Å². The average Bonchev–Trinajstić information content (AvgIpc) is 2.61. The highest BCUT2D eigenvalue weighted by atomic mass is 15.2. The predicted molar refractivity (Wildman–Crippen MR) is 55.9 cm³/mol. The lowest BCUT2D eigenvalue weighted by molar-refractivity contribution is 0.140. The molecule has 0 aromatic rings. The molecule has 0 aliphatic carbocycles. The van der Waals surface area contributed by atoms with Gasteiger partial charge in [0.15, 0.2) is 0 Å². The van der Waals surface area contributed by atoms with Crippen molar-refractivity contribution in [2.24, 2.45) is 5.92 Å². The Bertz CT molecular complexity index is 152. The van der Waals surface area contributed by atoms with Crippen LogP contribution < -0.4 is 5.32 Å². The van der Waals surface area contributed by atoms with E-state index in [4.69, 9.17) is 0 Å². The molecule has 1 N–H and O–H groups in total. The van der Waals surface area contributed by atoms with E-state index in [-0.39, 0.29) is 0 Å². The molecule has 2 heterocycles. The van der Waals surface area contributed by atoms with E-state index in [0.29, 0.717) is 0 Å². The first-order valence-electron chi connectivity index (χ1n) is 5.81. The van der Waals surface area contributed by atoms with Gasteiger partial charge in [0.2, 0.25) is 0 Å². The Hall–Kier alpha value is -0.0800. The minimum absolute atomic E-state index is 0.842. The molecular weight excluding hydrogens is 160 g/mol. The van der Waals surface area contributed by atoms with E-state index >= 15 is 0 Å². The molecule has 2 atom stereocenters. The standard InChI is InChI=1S/C11H22N2/c1-10-4-2-3-7-13(10)9-11-5-6-12-8-11/h10-12H,2-9H2,1H3/t10-,11-/m0/s1. The zero-order chi connectivity index (χ0) is 9.10. The summed E-state index contributed by atoms with van der Waals surface area (Å²) in [6.45, 7) is 7.57. The molecule has 0 radical (unpaired) electrons. The summed E-state index contributed by atoms with van der Waals surface area (Å²) >= 11 is 0. The number of likely N-dealkylation sites (tertiary alicyclic amines) is 1. The van der Waals surface area contributed by atoms with E-state index < -0.39 is 0 Å². The number of nitrogens with zero attached hydrogens (tertiary/aromatic N) is 1. The van der Waals surface area contributed by atoms with E-state index in [1.54, 1.807) is 0 Å². The normalized spacial score (nSPS) is 36.7. The van der Waals surface area contributed by atoms with Gasteiger partial charge in [-0.1, -0.05) is 6.42 Å². The summed E-state index contributed by atoms with van der Waals surface area (Å²) in [4.78, 5) is 2.70. The van der Waals surface area contributed by atoms with E-state index in [2.05, 4.69) is 17.1 Å². The van der Waals surface area contributed by atoms with Crippen LogP contribution in [0.4, 0.5) is 0 Å². The molecule has 0 aromatic carbocycles. The van der Waals surface area contributed by atoms with Crippen LogP contribution in [0.15, 0.2) is 0 Å². The van der Waals surface area contributed by atoms with Gasteiger partial charge in [0.05, 0.1) is 0 Å². The minimum atomic E-state index is 0.842. The Morgan fingerprint density at radius 3 is 2.92 bits per heavy atom. The van der Waals surface area contributed by atoms with Gasteiger partial charge in [-0.3, -0.25) is 0 Å². The fourth-order valence-corrected chi connectivity index (χ4v) is 2.63. The lowest BCUT2D eigenvalue weighted by atomic mass is 10.0. The summed E-state index contributed by atoms with van der Waals surface area (Å²) in [6, 6.07) is 0.842. The molecule has 2 rings (SSSR count). The third-order valence-corrected chi connectivity index (χ3v) is 3.60. The highest BCUT2D eigenvalue weighted by Gasteiger charge is 2.23. The molecule has 0 spiro atoms. The second kappa shape index (κ2) is 4.43. The maximum absolute atomic E-state index is 3.45. The largest absolute Gasteiger partial charge is 0.316 e. The fraction of sp³-hybridized carbons (Fsp3) is 1.00. The molecule has 0 aromatic heterocycles. The highest BCUT2D eigenvalue weighted by Crippen LogP contribution is 2.19. The molecule has 2 heteroatoms. The van der Waals surface area contributed by atoms with Gasteiger partial charge in [-0.15, -0.1) is 0 Å². The number of hydrogen-bond donors (Lipinski definition) is 1. The molecule has 13 heavy (non-hydrogen) atoms. The van der Waals surface area contributed by atoms with Gasteiger partial charge in [0.1, 0.15) is 0 Å². The van der Waals surface area contributed by atoms with Crippen LogP contribution in [0.3, 0.4) is 0 Å². The van der Waals surface area contributed by atoms with Crippen LogP contribution in [0.5, 0.6) is 0 Å². The molecule has 0 unspecified atom stereocenters. The van der Waals surface area contributed by atoms with Crippen LogP contribution in [-0.2, 0) is 0 Å². The molecular formula is C11H22N2. The Balaban J connectivity index is 1.78. The molecule has 0 amide bonds. The summed E-state index contributed by atoms with van der Waals surface area (Å²) in [6.07, 6.45) is 5.68. The molecule has 76 valence electrons. The van der Waals surface area contributed by atoms with Crippen molar-refractivity contribution < 1.29 is 0 Å². The van der Waals surface area contributed by atoms with Gasteiger partial charge < -0.3 is 10.2 Å². The number of piperidine rings is 1. The molecule has 2 aliphatic rings. The van der Waals surface area contributed by atoms with Crippen LogP contribution in [0, 0.1) is 5.92 Å². The van der Waals surface area contributed by atoms with Crippen molar-refractivity contribution in [1.29, 1.82) is 0 Å². The van der Waals surface area contributed by atoms with Crippen LogP contribution in [0.2, 0.25) is 0 Å². The quantitative estimate of drug-likeness (QED) is 0.695. The van der Waals surface area contributed by atoms with Crippen LogP contribution in [0.25, 0.3) is 0 Å². The molecule has 2 aliphatic heterocycles. The van der Waals surface area contributed by atoms with Crippen molar-refractivity contribution in [2.45, 2.75) is 38.6 Å². The molecule has 0 bridgehead atoms. The van der Waals surface area contributed by atoms with Crippen molar-refractivity contribution in [1.82, 2.24) is 10.2 Å². The maximum Gasteiger partial charge on any atom is 0.00670 e. The molecule has 2 saturated heterocycles. The molecule has 2 nitrogen and oxygen atoms in total. The van der Waals surface area contributed by atoms with E-state index in [1.165, 1.54) is 51.9 Å². The molecule has 0 saturated carbocycles. The first-order chi connectivity index (χ1) is 6.36. The van der Waals surface area contributed by atoms with E-state index in [9.17, 15) is 0 Å². The van der Waals surface area contributed by atoms with Crippen molar-refractivity contribution >= 4 is 0 Å². The minimum Gasteiger partial charge on any atom is -0.316 e. The summed E-state index contributed by atoms with van der Waals surface area (Å²) in [7, 11) is 0. The van der Waals surface area contributed by atoms with Crippen molar-refractivity contribution in [3.63, 3.8) is 0 Å². The Labute approximate surface area is 81.7 Å². The fourth-order valence-electron chi connectivity index (χ4n) is 2.63. The molecule has 2 fully saturated rings. The smallest absolute Gasteiger partial charge is 0.00670 e. The lowest BCUT2D eigenvalue weighted by Crippen LogP contribution is -2.40. The first kappa shape index (κ1) is 9.47. The zero-order valence-electron chi connectivity index (χ0n) is 8.76. The maximum atomic E-state index is 3.45. The summed E-state index contributed by atoms with van der Waals surface area (Å²) < 4.78 is 0. The third-order valence-electron chi connectivity index (χ3n) is 3.60. The topological polar surface area (TPSA) is 15.3 Å². The first-order valence-corrected chi connectivity index (χ1v) is 5.81. The second-order valence-corrected chi connectivity index (χ2v) is 4.70. The Morgan fingerprint density at radius 1 is 1.31 bits per heavy atom. The Kier molecular flexibility index (Phi) is 3.23. The predicted octanol–water partition coefficient (Wildman–Crippen LogP) is 1.47. The van der Waals surface area contributed by atoms with E-state index in [1.807, 2.05) is 0 Å². The SMILES string of the molecule is C[C@H]1CCCCN1C[C@H]1CCNC1. The number of rotatable bonds is 2. The van der Waals surface area contributed by atoms with Crippen molar-refractivity contribution in [3.05, 3.63) is 0 Å². The van der Waals surface area contributed by atoms with Crippen LogP contribution in [0.1, 0.15) is 32.6 Å². The van der Waals surface area contributed by atoms with Crippen LogP contribution >= 0.6 is 0 Å². The van der Waals surface area contributed by atoms with Gasteiger partial charge in [-0.25, -0.2) is 0 Å². The number of nitrogens with one attached hydrogen (secondary N) is 1. The zero-order valence-corrected chi connectivity index (χ0v) is 8.76. The van der Waals surface area contributed by atoms with Gasteiger partial charge in [-0.05, 0) is 51.7 Å². The van der Waals surface area contributed by atoms with Gasteiger partial charge in [-0.2, -0.15) is 0 Å². The second-order valence-electron chi connectivity index (χ2n) is 4.70. The summed E-state index contributed by atoms with van der Waals surface area (Å²) in [5, 5.41) is 3.45. The Morgan fingerprint density at radius 2 is 2.23 bits per heavy atom. The average molecular weight is 182 g/mol. The van der Waals surface area contributed by atoms with Crippen LogP contribution in [-0.4, -0.2) is 37.1 Å². The summed E-state index contributed by atoms with van der Waals surface area (Å²) in [5.74, 6) is 0.931. The lowest BCUT2D eigenvalue weighted by Gasteiger charge is -2.34. The van der Waals surface area contributed by atoms with Gasteiger partial charge >= 0.3 is 0 Å². The monoisotopic (exact) mass is 182 g/mol. The van der Waals surface area contributed by atoms with Crippen molar-refractivity contribution in [2.75, 3.05) is 26.2 Å². The van der Waals surface area contributed by atoms with Crippen molar-refractivity contribution in [3.8, 4) is 0 Å². The third kappa shape index (κ3) is 2.44. The van der Waals surface area contributed by atoms with Gasteiger partial charge in [0, 0.05) is 12.6 Å². The summed E-state index contributed by atoms with van der Waals surface area (Å²) in [5.41, 5.74) is 0.